The van der Waals surface area contributed by atoms with Crippen molar-refractivity contribution in [2.45, 2.75) is 6.92 Å². The second-order valence-electron chi connectivity index (χ2n) is 2.92. The summed E-state index contributed by atoms with van der Waals surface area (Å²) >= 11 is 0. The van der Waals surface area contributed by atoms with Crippen LogP contribution in [0.2, 0.25) is 0 Å². The molecule has 0 aliphatic heterocycles. The molecule has 0 spiro atoms. The summed E-state index contributed by atoms with van der Waals surface area (Å²) in [7, 11) is 2.03. The molecular formula is C11H14N+. The molecule has 62 valence electrons. The minimum absolute atomic E-state index is 1.07. The Morgan fingerprint density at radius 2 is 2.25 bits per heavy atom. The molecule has 0 aliphatic carbocycles. The first-order valence-corrected chi connectivity index (χ1v) is 3.98. The summed E-state index contributed by atoms with van der Waals surface area (Å²) in [6.07, 6.45) is 6.09. The van der Waals surface area contributed by atoms with Crippen LogP contribution in [0.5, 0.6) is 0 Å². The summed E-state index contributed by atoms with van der Waals surface area (Å²) in [6, 6.07) is 6.11. The largest absolute Gasteiger partial charge is 0.204 e. The van der Waals surface area contributed by atoms with Crippen molar-refractivity contribution >= 4 is 6.08 Å². The van der Waals surface area contributed by atoms with Crippen LogP contribution in [-0.2, 0) is 7.05 Å². The maximum absolute atomic E-state index is 3.80. The lowest BCUT2D eigenvalue weighted by molar-refractivity contribution is -0.673. The SMILES string of the molecule is C=C(C)/C=C/c1cccc[n+]1C. The maximum Gasteiger partial charge on any atom is 0.204 e. The van der Waals surface area contributed by atoms with Crippen molar-refractivity contribution in [2.75, 3.05) is 0 Å². The third-order valence-corrected chi connectivity index (χ3v) is 1.63. The van der Waals surface area contributed by atoms with E-state index < -0.39 is 0 Å². The van der Waals surface area contributed by atoms with Crippen LogP contribution in [-0.4, -0.2) is 0 Å². The molecule has 0 aromatic carbocycles. The molecular weight excluding hydrogens is 146 g/mol. The molecule has 0 N–H and O–H groups in total. The van der Waals surface area contributed by atoms with Crippen LogP contribution >= 0.6 is 0 Å². The minimum atomic E-state index is 1.07. The first kappa shape index (κ1) is 8.72. The molecule has 0 amide bonds. The van der Waals surface area contributed by atoms with E-state index in [1.165, 1.54) is 5.69 Å². The predicted octanol–water partition coefficient (Wildman–Crippen LogP) is 2.10. The second kappa shape index (κ2) is 3.86. The van der Waals surface area contributed by atoms with Gasteiger partial charge in [-0.25, -0.2) is 4.57 Å². The van der Waals surface area contributed by atoms with E-state index >= 15 is 0 Å². The Kier molecular flexibility index (Phi) is 2.81. The highest BCUT2D eigenvalue weighted by Gasteiger charge is 1.97. The van der Waals surface area contributed by atoms with Gasteiger partial charge in [0.25, 0.3) is 0 Å². The number of pyridine rings is 1. The number of rotatable bonds is 2. The summed E-state index contributed by atoms with van der Waals surface area (Å²) in [6.45, 7) is 5.79. The van der Waals surface area contributed by atoms with Gasteiger partial charge in [-0.2, -0.15) is 0 Å². The van der Waals surface area contributed by atoms with Gasteiger partial charge in [0, 0.05) is 18.2 Å². The second-order valence-corrected chi connectivity index (χ2v) is 2.92. The maximum atomic E-state index is 3.80. The van der Waals surface area contributed by atoms with Crippen LogP contribution in [0.4, 0.5) is 0 Å². The molecule has 1 nitrogen and oxygen atoms in total. The third kappa shape index (κ3) is 2.35. The Labute approximate surface area is 73.7 Å². The van der Waals surface area contributed by atoms with E-state index in [2.05, 4.69) is 23.3 Å². The van der Waals surface area contributed by atoms with Crippen molar-refractivity contribution in [1.82, 2.24) is 0 Å². The number of hydrogen-bond acceptors (Lipinski definition) is 0. The lowest BCUT2D eigenvalue weighted by atomic mass is 10.2. The van der Waals surface area contributed by atoms with Crippen molar-refractivity contribution in [3.05, 3.63) is 48.3 Å². The van der Waals surface area contributed by atoms with E-state index in [4.69, 9.17) is 0 Å². The minimum Gasteiger partial charge on any atom is -0.202 e. The number of allylic oxidation sites excluding steroid dienone is 2. The van der Waals surface area contributed by atoms with Gasteiger partial charge in [-0.3, -0.25) is 0 Å². The smallest absolute Gasteiger partial charge is 0.202 e. The van der Waals surface area contributed by atoms with E-state index in [1.807, 2.05) is 38.4 Å². The van der Waals surface area contributed by atoms with Gasteiger partial charge in [0.1, 0.15) is 7.05 Å². The van der Waals surface area contributed by atoms with Crippen molar-refractivity contribution in [3.8, 4) is 0 Å². The van der Waals surface area contributed by atoms with Gasteiger partial charge < -0.3 is 0 Å². The van der Waals surface area contributed by atoms with Crippen LogP contribution in [0.15, 0.2) is 42.6 Å². The monoisotopic (exact) mass is 160 g/mol. The molecule has 1 heteroatoms. The fourth-order valence-electron chi connectivity index (χ4n) is 0.937. The quantitative estimate of drug-likeness (QED) is 0.461. The first-order valence-electron chi connectivity index (χ1n) is 3.98. The van der Waals surface area contributed by atoms with Crippen LogP contribution in [0, 0.1) is 0 Å². The zero-order chi connectivity index (χ0) is 8.97. The van der Waals surface area contributed by atoms with Crippen molar-refractivity contribution in [3.63, 3.8) is 0 Å². The molecule has 1 aromatic rings. The number of hydrogen-bond donors (Lipinski definition) is 0. The molecule has 0 aliphatic rings. The van der Waals surface area contributed by atoms with Crippen LogP contribution < -0.4 is 4.57 Å². The molecule has 0 saturated carbocycles. The Bertz CT molecular complexity index is 311. The number of nitrogens with zero attached hydrogens (tertiary/aromatic N) is 1. The molecule has 0 unspecified atom stereocenters. The molecule has 1 rings (SSSR count). The van der Waals surface area contributed by atoms with Crippen molar-refractivity contribution in [1.29, 1.82) is 0 Å². The normalized spacial score (nSPS) is 10.5. The Morgan fingerprint density at radius 1 is 1.50 bits per heavy atom. The molecule has 0 radical (unpaired) electrons. The molecule has 0 bridgehead atoms. The van der Waals surface area contributed by atoms with Crippen molar-refractivity contribution < 1.29 is 4.57 Å². The molecule has 1 aromatic heterocycles. The average Bonchev–Trinajstić information content (AvgIpc) is 2.03. The highest BCUT2D eigenvalue weighted by Crippen LogP contribution is 1.97. The highest BCUT2D eigenvalue weighted by molar-refractivity contribution is 5.45. The summed E-state index contributed by atoms with van der Waals surface area (Å²) in [5.41, 5.74) is 2.25. The van der Waals surface area contributed by atoms with Gasteiger partial charge in [-0.15, -0.1) is 0 Å². The summed E-state index contributed by atoms with van der Waals surface area (Å²) in [4.78, 5) is 0. The van der Waals surface area contributed by atoms with E-state index in [1.54, 1.807) is 0 Å². The van der Waals surface area contributed by atoms with Gasteiger partial charge in [0.2, 0.25) is 5.69 Å². The molecule has 1 heterocycles. The number of aryl methyl sites for hydroxylation is 1. The lowest BCUT2D eigenvalue weighted by Gasteiger charge is -1.91. The number of aromatic nitrogens is 1. The third-order valence-electron chi connectivity index (χ3n) is 1.63. The lowest BCUT2D eigenvalue weighted by Crippen LogP contribution is -2.30. The zero-order valence-electron chi connectivity index (χ0n) is 7.62. The fraction of sp³-hybridized carbons (Fsp3) is 0.182. The Hall–Kier alpha value is -1.37. The summed E-state index contributed by atoms with van der Waals surface area (Å²) in [5, 5.41) is 0. The van der Waals surface area contributed by atoms with Crippen LogP contribution in [0.3, 0.4) is 0 Å². The molecule has 0 atom stereocenters. The Balaban J connectivity index is 2.89. The molecule has 12 heavy (non-hydrogen) atoms. The molecule has 0 fully saturated rings. The topological polar surface area (TPSA) is 3.88 Å². The van der Waals surface area contributed by atoms with E-state index in [-0.39, 0.29) is 0 Å². The highest BCUT2D eigenvalue weighted by atomic mass is 14.9. The van der Waals surface area contributed by atoms with E-state index in [0.29, 0.717) is 0 Å². The van der Waals surface area contributed by atoms with E-state index in [0.717, 1.165) is 5.57 Å². The van der Waals surface area contributed by atoms with Gasteiger partial charge in [-0.05, 0) is 13.0 Å². The standard InChI is InChI=1S/C11H14N/c1-10(2)7-8-11-6-4-5-9-12(11)3/h4-9H,1H2,2-3H3/q+1/b8-7+. The Morgan fingerprint density at radius 3 is 2.83 bits per heavy atom. The summed E-state index contributed by atoms with van der Waals surface area (Å²) < 4.78 is 2.07. The first-order chi connectivity index (χ1) is 5.70. The van der Waals surface area contributed by atoms with Gasteiger partial charge in [0.05, 0.1) is 0 Å². The van der Waals surface area contributed by atoms with Crippen molar-refractivity contribution in [2.24, 2.45) is 7.05 Å². The predicted molar refractivity (Wildman–Crippen MR) is 51.5 cm³/mol. The van der Waals surface area contributed by atoms with Gasteiger partial charge in [0.15, 0.2) is 6.20 Å². The van der Waals surface area contributed by atoms with Gasteiger partial charge >= 0.3 is 0 Å². The van der Waals surface area contributed by atoms with E-state index in [9.17, 15) is 0 Å². The van der Waals surface area contributed by atoms with Gasteiger partial charge in [-0.1, -0.05) is 18.2 Å². The zero-order valence-corrected chi connectivity index (χ0v) is 7.62. The summed E-state index contributed by atoms with van der Waals surface area (Å²) in [5.74, 6) is 0. The fourth-order valence-corrected chi connectivity index (χ4v) is 0.937. The average molecular weight is 160 g/mol. The molecule has 0 saturated heterocycles. The van der Waals surface area contributed by atoms with Crippen LogP contribution in [0.25, 0.3) is 6.08 Å². The van der Waals surface area contributed by atoms with Crippen LogP contribution in [0.1, 0.15) is 12.6 Å².